The Hall–Kier alpha value is -2.92. The molecule has 0 aliphatic heterocycles. The molecular weight excluding hydrogens is 353 g/mol. The van der Waals surface area contributed by atoms with Crippen LogP contribution >= 0.6 is 11.6 Å². The van der Waals surface area contributed by atoms with E-state index in [1.165, 1.54) is 30.0 Å². The molecule has 2 N–H and O–H groups in total. The summed E-state index contributed by atoms with van der Waals surface area (Å²) in [6.45, 7) is 4.07. The standard InChI is InChI=1S/C20H17ClFN3O/c1-12-4-3-5-19(13(12)2)24-16-8-14(10-23-11-16)20(26)25-15-6-7-18(22)17(21)9-15/h3-11,24H,1-2H3,(H,25,26). The van der Waals surface area contributed by atoms with Gasteiger partial charge in [0.05, 0.1) is 22.5 Å². The average molecular weight is 370 g/mol. The molecule has 0 saturated carbocycles. The highest BCUT2D eigenvalue weighted by molar-refractivity contribution is 6.31. The maximum absolute atomic E-state index is 13.2. The number of benzene rings is 2. The molecule has 1 aromatic heterocycles. The minimum absolute atomic E-state index is 0.0498. The van der Waals surface area contributed by atoms with Gasteiger partial charge < -0.3 is 10.6 Å². The minimum atomic E-state index is -0.536. The number of pyridine rings is 1. The first-order valence-electron chi connectivity index (χ1n) is 7.99. The summed E-state index contributed by atoms with van der Waals surface area (Å²) >= 11 is 5.74. The van der Waals surface area contributed by atoms with E-state index in [1.807, 2.05) is 32.0 Å². The molecule has 3 rings (SSSR count). The highest BCUT2D eigenvalue weighted by atomic mass is 35.5. The van der Waals surface area contributed by atoms with E-state index in [2.05, 4.69) is 15.6 Å². The van der Waals surface area contributed by atoms with Crippen LogP contribution in [0.5, 0.6) is 0 Å². The molecule has 0 aliphatic rings. The number of aromatic nitrogens is 1. The van der Waals surface area contributed by atoms with Crippen molar-refractivity contribution >= 4 is 34.6 Å². The van der Waals surface area contributed by atoms with Crippen LogP contribution in [0.2, 0.25) is 5.02 Å². The lowest BCUT2D eigenvalue weighted by Gasteiger charge is -2.12. The van der Waals surface area contributed by atoms with Gasteiger partial charge in [-0.05, 0) is 55.3 Å². The van der Waals surface area contributed by atoms with E-state index < -0.39 is 5.82 Å². The molecule has 3 aromatic rings. The first-order valence-corrected chi connectivity index (χ1v) is 8.36. The van der Waals surface area contributed by atoms with Gasteiger partial charge in [0.15, 0.2) is 0 Å². The fourth-order valence-corrected chi connectivity index (χ4v) is 2.63. The number of halogens is 2. The summed E-state index contributed by atoms with van der Waals surface area (Å²) in [4.78, 5) is 16.5. The Morgan fingerprint density at radius 3 is 2.65 bits per heavy atom. The Morgan fingerprint density at radius 2 is 1.88 bits per heavy atom. The van der Waals surface area contributed by atoms with Crippen molar-refractivity contribution in [3.63, 3.8) is 0 Å². The van der Waals surface area contributed by atoms with Crippen LogP contribution < -0.4 is 10.6 Å². The summed E-state index contributed by atoms with van der Waals surface area (Å²) in [5.74, 6) is -0.893. The van der Waals surface area contributed by atoms with Crippen LogP contribution in [0, 0.1) is 19.7 Å². The van der Waals surface area contributed by atoms with Crippen molar-refractivity contribution in [3.8, 4) is 0 Å². The summed E-state index contributed by atoms with van der Waals surface area (Å²) in [7, 11) is 0. The van der Waals surface area contributed by atoms with Crippen molar-refractivity contribution in [1.82, 2.24) is 4.98 Å². The Labute approximate surface area is 156 Å². The Kier molecular flexibility index (Phi) is 5.19. The van der Waals surface area contributed by atoms with Gasteiger partial charge in [0.25, 0.3) is 5.91 Å². The average Bonchev–Trinajstić information content (AvgIpc) is 2.62. The molecule has 0 bridgehead atoms. The van der Waals surface area contributed by atoms with Gasteiger partial charge in [-0.15, -0.1) is 0 Å². The van der Waals surface area contributed by atoms with Crippen molar-refractivity contribution in [2.45, 2.75) is 13.8 Å². The summed E-state index contributed by atoms with van der Waals surface area (Å²) < 4.78 is 13.2. The number of nitrogens with zero attached hydrogens (tertiary/aromatic N) is 1. The highest BCUT2D eigenvalue weighted by Gasteiger charge is 2.10. The zero-order chi connectivity index (χ0) is 18.7. The third kappa shape index (κ3) is 4.00. The molecule has 4 nitrogen and oxygen atoms in total. The largest absolute Gasteiger partial charge is 0.354 e. The predicted molar refractivity (Wildman–Crippen MR) is 103 cm³/mol. The third-order valence-corrected chi connectivity index (χ3v) is 4.35. The minimum Gasteiger partial charge on any atom is -0.354 e. The fourth-order valence-electron chi connectivity index (χ4n) is 2.45. The number of carbonyl (C=O) groups is 1. The molecule has 0 unspecified atom stereocenters. The number of aryl methyl sites for hydroxylation is 1. The molecular formula is C20H17ClFN3O. The van der Waals surface area contributed by atoms with E-state index in [0.717, 1.165) is 11.3 Å². The molecule has 1 heterocycles. The number of hydrogen-bond donors (Lipinski definition) is 2. The van der Waals surface area contributed by atoms with Crippen LogP contribution in [0.1, 0.15) is 21.5 Å². The van der Waals surface area contributed by atoms with Gasteiger partial charge >= 0.3 is 0 Å². The molecule has 6 heteroatoms. The van der Waals surface area contributed by atoms with Gasteiger partial charge in [0.1, 0.15) is 5.82 Å². The smallest absolute Gasteiger partial charge is 0.257 e. The summed E-state index contributed by atoms with van der Waals surface area (Å²) in [5, 5.41) is 5.91. The highest BCUT2D eigenvalue weighted by Crippen LogP contribution is 2.23. The molecule has 0 spiro atoms. The lowest BCUT2D eigenvalue weighted by Crippen LogP contribution is -2.12. The predicted octanol–water partition coefficient (Wildman–Crippen LogP) is 5.49. The van der Waals surface area contributed by atoms with Crippen molar-refractivity contribution in [1.29, 1.82) is 0 Å². The van der Waals surface area contributed by atoms with Crippen molar-refractivity contribution in [2.75, 3.05) is 10.6 Å². The van der Waals surface area contributed by atoms with E-state index in [9.17, 15) is 9.18 Å². The number of nitrogens with one attached hydrogen (secondary N) is 2. The maximum Gasteiger partial charge on any atom is 0.257 e. The quantitative estimate of drug-likeness (QED) is 0.639. The summed E-state index contributed by atoms with van der Waals surface area (Å²) in [6.07, 6.45) is 3.11. The van der Waals surface area contributed by atoms with Gasteiger partial charge in [0, 0.05) is 17.6 Å². The van der Waals surface area contributed by atoms with Crippen molar-refractivity contribution in [2.24, 2.45) is 0 Å². The number of hydrogen-bond acceptors (Lipinski definition) is 3. The van der Waals surface area contributed by atoms with Crippen molar-refractivity contribution in [3.05, 3.63) is 82.4 Å². The van der Waals surface area contributed by atoms with E-state index in [4.69, 9.17) is 11.6 Å². The lowest BCUT2D eigenvalue weighted by molar-refractivity contribution is 0.102. The first kappa shape index (κ1) is 17.9. The second-order valence-corrected chi connectivity index (χ2v) is 6.32. The number of amides is 1. The summed E-state index contributed by atoms with van der Waals surface area (Å²) in [5.41, 5.74) is 4.74. The number of anilines is 3. The molecule has 0 aliphatic carbocycles. The number of carbonyl (C=O) groups excluding carboxylic acids is 1. The van der Waals surface area contributed by atoms with Gasteiger partial charge in [-0.3, -0.25) is 9.78 Å². The van der Waals surface area contributed by atoms with Crippen LogP contribution in [0.15, 0.2) is 54.9 Å². The van der Waals surface area contributed by atoms with E-state index in [0.29, 0.717) is 16.9 Å². The molecule has 2 aromatic carbocycles. The first-order chi connectivity index (χ1) is 12.4. The van der Waals surface area contributed by atoms with Crippen LogP contribution in [-0.4, -0.2) is 10.9 Å². The Balaban J connectivity index is 1.79. The molecule has 26 heavy (non-hydrogen) atoms. The van der Waals surface area contributed by atoms with Crippen molar-refractivity contribution < 1.29 is 9.18 Å². The van der Waals surface area contributed by atoms with Crippen LogP contribution in [0.25, 0.3) is 0 Å². The van der Waals surface area contributed by atoms with Gasteiger partial charge in [-0.2, -0.15) is 0 Å². The second-order valence-electron chi connectivity index (χ2n) is 5.92. The van der Waals surface area contributed by atoms with Gasteiger partial charge in [0.2, 0.25) is 0 Å². The molecule has 132 valence electrons. The molecule has 1 amide bonds. The molecule has 0 saturated heterocycles. The fraction of sp³-hybridized carbons (Fsp3) is 0.100. The second kappa shape index (κ2) is 7.54. The van der Waals surface area contributed by atoms with E-state index >= 15 is 0 Å². The molecule has 0 atom stereocenters. The SMILES string of the molecule is Cc1cccc(Nc2cncc(C(=O)Nc3ccc(F)c(Cl)c3)c2)c1C. The number of rotatable bonds is 4. The molecule has 0 fully saturated rings. The van der Waals surface area contributed by atoms with Crippen LogP contribution in [-0.2, 0) is 0 Å². The van der Waals surface area contributed by atoms with E-state index in [-0.39, 0.29) is 10.9 Å². The van der Waals surface area contributed by atoms with Crippen LogP contribution in [0.4, 0.5) is 21.5 Å². The zero-order valence-corrected chi connectivity index (χ0v) is 15.1. The van der Waals surface area contributed by atoms with Gasteiger partial charge in [-0.25, -0.2) is 4.39 Å². The Bertz CT molecular complexity index is 975. The summed E-state index contributed by atoms with van der Waals surface area (Å²) in [6, 6.07) is 11.7. The lowest BCUT2D eigenvalue weighted by atomic mass is 10.1. The topological polar surface area (TPSA) is 54.0 Å². The zero-order valence-electron chi connectivity index (χ0n) is 14.3. The normalized spacial score (nSPS) is 10.5. The maximum atomic E-state index is 13.2. The molecule has 0 radical (unpaired) electrons. The van der Waals surface area contributed by atoms with Gasteiger partial charge in [-0.1, -0.05) is 23.7 Å². The van der Waals surface area contributed by atoms with E-state index in [1.54, 1.807) is 12.3 Å². The Morgan fingerprint density at radius 1 is 1.08 bits per heavy atom. The monoisotopic (exact) mass is 369 g/mol. The van der Waals surface area contributed by atoms with Crippen LogP contribution in [0.3, 0.4) is 0 Å². The third-order valence-electron chi connectivity index (χ3n) is 4.06.